The molecule has 0 aliphatic heterocycles. The molecule has 1 aliphatic rings. The molecule has 0 radical (unpaired) electrons. The van der Waals surface area contributed by atoms with Gasteiger partial charge in [0.05, 0.1) is 0 Å². The van der Waals surface area contributed by atoms with Crippen LogP contribution in [0.15, 0.2) is 18.3 Å². The van der Waals surface area contributed by atoms with Gasteiger partial charge in [0.25, 0.3) is 0 Å². The van der Waals surface area contributed by atoms with Crippen LogP contribution in [0, 0.1) is 5.41 Å². The van der Waals surface area contributed by atoms with Gasteiger partial charge >= 0.3 is 0 Å². The van der Waals surface area contributed by atoms with Crippen molar-refractivity contribution in [2.24, 2.45) is 11.3 Å². The molecule has 4 nitrogen and oxygen atoms in total. The first-order chi connectivity index (χ1) is 7.62. The molecule has 0 bridgehead atoms. The Kier molecular flexibility index (Phi) is 3.01. The molecule has 1 fully saturated rings. The monoisotopic (exact) mass is 220 g/mol. The van der Waals surface area contributed by atoms with Gasteiger partial charge in [0.15, 0.2) is 0 Å². The molecule has 88 valence electrons. The molecule has 2 rings (SSSR count). The molecule has 0 aromatic carbocycles. The molecule has 0 amide bonds. The standard InChI is InChI=1S/C12H20N4/c1-12(2)6-3-4-10(12)15-9-5-7-14-11(8-9)16-13/h5,7-8,10H,3-4,6,13H2,1-2H3,(H2,14,15,16). The van der Waals surface area contributed by atoms with Crippen molar-refractivity contribution in [1.82, 2.24) is 4.98 Å². The fourth-order valence-corrected chi connectivity index (χ4v) is 2.39. The Morgan fingerprint density at radius 2 is 2.31 bits per heavy atom. The predicted molar refractivity (Wildman–Crippen MR) is 67.1 cm³/mol. The SMILES string of the molecule is CC1(C)CCCC1Nc1ccnc(NN)c1. The fourth-order valence-electron chi connectivity index (χ4n) is 2.39. The molecular formula is C12H20N4. The Morgan fingerprint density at radius 3 is 2.94 bits per heavy atom. The van der Waals surface area contributed by atoms with Gasteiger partial charge in [-0.05, 0) is 24.3 Å². The van der Waals surface area contributed by atoms with Gasteiger partial charge in [0, 0.05) is 24.0 Å². The highest BCUT2D eigenvalue weighted by atomic mass is 15.2. The summed E-state index contributed by atoms with van der Waals surface area (Å²) in [5.41, 5.74) is 4.02. The maximum absolute atomic E-state index is 5.34. The van der Waals surface area contributed by atoms with Gasteiger partial charge in [-0.25, -0.2) is 10.8 Å². The zero-order valence-corrected chi connectivity index (χ0v) is 9.96. The second kappa shape index (κ2) is 4.29. The topological polar surface area (TPSA) is 63.0 Å². The van der Waals surface area contributed by atoms with Crippen LogP contribution < -0.4 is 16.6 Å². The van der Waals surface area contributed by atoms with E-state index in [2.05, 4.69) is 29.6 Å². The van der Waals surface area contributed by atoms with E-state index >= 15 is 0 Å². The average Bonchev–Trinajstić information content (AvgIpc) is 2.59. The van der Waals surface area contributed by atoms with E-state index in [0.717, 1.165) is 5.69 Å². The van der Waals surface area contributed by atoms with Crippen LogP contribution in [-0.2, 0) is 0 Å². The highest BCUT2D eigenvalue weighted by Gasteiger charge is 2.34. The third-order valence-corrected chi connectivity index (χ3v) is 3.51. The highest BCUT2D eigenvalue weighted by Crippen LogP contribution is 2.39. The van der Waals surface area contributed by atoms with Crippen LogP contribution in [0.1, 0.15) is 33.1 Å². The molecule has 16 heavy (non-hydrogen) atoms. The maximum atomic E-state index is 5.34. The Morgan fingerprint density at radius 1 is 1.50 bits per heavy atom. The minimum Gasteiger partial charge on any atom is -0.382 e. The average molecular weight is 220 g/mol. The van der Waals surface area contributed by atoms with E-state index < -0.39 is 0 Å². The quantitative estimate of drug-likeness (QED) is 0.540. The normalized spacial score (nSPS) is 23.1. The highest BCUT2D eigenvalue weighted by molar-refractivity contribution is 5.52. The molecule has 1 unspecified atom stereocenters. The van der Waals surface area contributed by atoms with E-state index in [1.54, 1.807) is 6.20 Å². The van der Waals surface area contributed by atoms with Gasteiger partial charge in [-0.2, -0.15) is 0 Å². The molecule has 4 N–H and O–H groups in total. The lowest BCUT2D eigenvalue weighted by Crippen LogP contribution is -2.30. The molecule has 1 atom stereocenters. The molecular weight excluding hydrogens is 200 g/mol. The van der Waals surface area contributed by atoms with Crippen LogP contribution >= 0.6 is 0 Å². The zero-order valence-electron chi connectivity index (χ0n) is 9.96. The summed E-state index contributed by atoms with van der Waals surface area (Å²) in [6.07, 6.45) is 5.59. The number of hydrazine groups is 1. The van der Waals surface area contributed by atoms with Gasteiger partial charge in [0.2, 0.25) is 0 Å². The van der Waals surface area contributed by atoms with E-state index in [-0.39, 0.29) is 0 Å². The van der Waals surface area contributed by atoms with Gasteiger partial charge in [-0.15, -0.1) is 0 Å². The Balaban J connectivity index is 2.08. The number of pyridine rings is 1. The van der Waals surface area contributed by atoms with E-state index in [1.807, 2.05) is 12.1 Å². The number of hydrogen-bond acceptors (Lipinski definition) is 4. The molecule has 1 aliphatic carbocycles. The number of nitrogens with zero attached hydrogens (tertiary/aromatic N) is 1. The summed E-state index contributed by atoms with van der Waals surface area (Å²) in [6.45, 7) is 4.64. The number of anilines is 2. The van der Waals surface area contributed by atoms with Crippen LogP contribution in [0.2, 0.25) is 0 Å². The number of hydrogen-bond donors (Lipinski definition) is 3. The zero-order chi connectivity index (χ0) is 11.6. The predicted octanol–water partition coefficient (Wildman–Crippen LogP) is 2.36. The number of nitrogen functional groups attached to an aromatic ring is 1. The first-order valence-electron chi connectivity index (χ1n) is 5.81. The molecule has 1 heterocycles. The number of aromatic nitrogens is 1. The summed E-state index contributed by atoms with van der Waals surface area (Å²) in [5, 5.41) is 3.57. The van der Waals surface area contributed by atoms with Crippen molar-refractivity contribution in [1.29, 1.82) is 0 Å². The van der Waals surface area contributed by atoms with Crippen LogP contribution in [0.4, 0.5) is 11.5 Å². The second-order valence-corrected chi connectivity index (χ2v) is 5.15. The second-order valence-electron chi connectivity index (χ2n) is 5.15. The smallest absolute Gasteiger partial charge is 0.141 e. The van der Waals surface area contributed by atoms with Gasteiger partial charge in [-0.1, -0.05) is 20.3 Å². The number of nitrogens with two attached hydrogens (primary N) is 1. The first-order valence-corrected chi connectivity index (χ1v) is 5.81. The van der Waals surface area contributed by atoms with Gasteiger partial charge < -0.3 is 10.7 Å². The van der Waals surface area contributed by atoms with E-state index in [1.165, 1.54) is 19.3 Å². The Bertz CT molecular complexity index is 362. The van der Waals surface area contributed by atoms with Crippen LogP contribution in [-0.4, -0.2) is 11.0 Å². The lowest BCUT2D eigenvalue weighted by atomic mass is 9.87. The van der Waals surface area contributed by atoms with E-state index in [0.29, 0.717) is 17.3 Å². The van der Waals surface area contributed by atoms with Gasteiger partial charge in [0.1, 0.15) is 5.82 Å². The van der Waals surface area contributed by atoms with E-state index in [4.69, 9.17) is 5.84 Å². The van der Waals surface area contributed by atoms with Crippen LogP contribution in [0.25, 0.3) is 0 Å². The minimum atomic E-state index is 0.375. The summed E-state index contributed by atoms with van der Waals surface area (Å²) in [4.78, 5) is 4.09. The van der Waals surface area contributed by atoms with Crippen LogP contribution in [0.3, 0.4) is 0 Å². The largest absolute Gasteiger partial charge is 0.382 e. The summed E-state index contributed by atoms with van der Waals surface area (Å²) in [6, 6.07) is 4.46. The Labute approximate surface area is 96.6 Å². The van der Waals surface area contributed by atoms with Gasteiger partial charge in [-0.3, -0.25) is 0 Å². The molecule has 0 spiro atoms. The van der Waals surface area contributed by atoms with Crippen molar-refractivity contribution in [3.8, 4) is 0 Å². The summed E-state index contributed by atoms with van der Waals surface area (Å²) in [7, 11) is 0. The fraction of sp³-hybridized carbons (Fsp3) is 0.583. The number of nitrogens with one attached hydrogen (secondary N) is 2. The van der Waals surface area contributed by atoms with Crippen molar-refractivity contribution >= 4 is 11.5 Å². The molecule has 4 heteroatoms. The molecule has 0 saturated heterocycles. The van der Waals surface area contributed by atoms with E-state index in [9.17, 15) is 0 Å². The van der Waals surface area contributed by atoms with Crippen molar-refractivity contribution in [2.45, 2.75) is 39.2 Å². The van der Waals surface area contributed by atoms with Crippen molar-refractivity contribution in [2.75, 3.05) is 10.7 Å². The lowest BCUT2D eigenvalue weighted by molar-refractivity contribution is 0.350. The Hall–Kier alpha value is -1.29. The molecule has 1 saturated carbocycles. The third kappa shape index (κ3) is 2.27. The summed E-state index contributed by atoms with van der Waals surface area (Å²) >= 11 is 0. The number of rotatable bonds is 3. The van der Waals surface area contributed by atoms with Crippen LogP contribution in [0.5, 0.6) is 0 Å². The lowest BCUT2D eigenvalue weighted by Gasteiger charge is -2.28. The van der Waals surface area contributed by atoms with Crippen molar-refractivity contribution in [3.63, 3.8) is 0 Å². The molecule has 1 aromatic rings. The van der Waals surface area contributed by atoms with Crippen molar-refractivity contribution < 1.29 is 0 Å². The summed E-state index contributed by atoms with van der Waals surface area (Å²) < 4.78 is 0. The van der Waals surface area contributed by atoms with Crippen molar-refractivity contribution in [3.05, 3.63) is 18.3 Å². The third-order valence-electron chi connectivity index (χ3n) is 3.51. The maximum Gasteiger partial charge on any atom is 0.141 e. The molecule has 1 aromatic heterocycles. The first kappa shape index (κ1) is 11.2. The minimum absolute atomic E-state index is 0.375. The summed E-state index contributed by atoms with van der Waals surface area (Å²) in [5.74, 6) is 6.04.